The van der Waals surface area contributed by atoms with Crippen LogP contribution in [0.15, 0.2) is 65.3 Å². The average molecular weight is 400 g/mol. The molecule has 1 aromatic heterocycles. The van der Waals surface area contributed by atoms with Crippen molar-refractivity contribution in [1.82, 2.24) is 9.97 Å². The maximum absolute atomic E-state index is 8.83. The summed E-state index contributed by atoms with van der Waals surface area (Å²) in [5, 5.41) is 11.6. The molecule has 2 aromatic carbocycles. The lowest BCUT2D eigenvalue weighted by Gasteiger charge is -2.11. The zero-order valence-electron chi connectivity index (χ0n) is 12.4. The molecule has 0 aliphatic heterocycles. The van der Waals surface area contributed by atoms with Crippen molar-refractivity contribution in [3.8, 4) is 6.07 Å². The number of aromatic nitrogens is 2. The zero-order valence-corrected chi connectivity index (χ0v) is 14.8. The summed E-state index contributed by atoms with van der Waals surface area (Å²) in [5.41, 5.74) is 3.07. The van der Waals surface area contributed by atoms with Crippen molar-refractivity contribution in [3.05, 3.63) is 82.1 Å². The fourth-order valence-corrected chi connectivity index (χ4v) is 2.84. The van der Waals surface area contributed by atoms with Gasteiger partial charge in [-0.2, -0.15) is 5.26 Å². The second-order valence-corrected chi connectivity index (χ2v) is 6.39. The van der Waals surface area contributed by atoms with Crippen LogP contribution in [-0.2, 0) is 0 Å². The minimum Gasteiger partial charge on any atom is -0.324 e. The van der Waals surface area contributed by atoms with Crippen LogP contribution in [0.5, 0.6) is 0 Å². The third-order valence-corrected chi connectivity index (χ3v) is 4.32. The first-order chi connectivity index (χ1) is 11.7. The fraction of sp³-hybridized carbons (Fsp3) is 0.0556. The highest BCUT2D eigenvalue weighted by Crippen LogP contribution is 2.29. The van der Waals surface area contributed by atoms with Gasteiger partial charge >= 0.3 is 0 Å². The van der Waals surface area contributed by atoms with Gasteiger partial charge in [0.2, 0.25) is 5.95 Å². The van der Waals surface area contributed by atoms with Crippen LogP contribution < -0.4 is 5.32 Å². The third kappa shape index (κ3) is 3.91. The standard InChI is InChI=1S/C18H12BrClN4/c19-14-3-1-2-13(10-14)17(20)16-8-9-22-18(24-16)23-15-6-4-12(11-21)5-7-15/h1-10,17H,(H,22,23,24). The van der Waals surface area contributed by atoms with Crippen molar-refractivity contribution in [1.29, 1.82) is 5.26 Å². The first-order valence-corrected chi connectivity index (χ1v) is 8.38. The van der Waals surface area contributed by atoms with E-state index in [0.717, 1.165) is 15.7 Å². The van der Waals surface area contributed by atoms with Gasteiger partial charge in [-0.15, -0.1) is 11.6 Å². The fourth-order valence-electron chi connectivity index (χ4n) is 2.17. The molecule has 1 unspecified atom stereocenters. The first kappa shape index (κ1) is 16.4. The van der Waals surface area contributed by atoms with E-state index in [1.165, 1.54) is 0 Å². The number of alkyl halides is 1. The number of hydrogen-bond acceptors (Lipinski definition) is 4. The van der Waals surface area contributed by atoms with E-state index in [9.17, 15) is 0 Å². The summed E-state index contributed by atoms with van der Waals surface area (Å²) in [7, 11) is 0. The van der Waals surface area contributed by atoms with Crippen LogP contribution in [0.3, 0.4) is 0 Å². The summed E-state index contributed by atoms with van der Waals surface area (Å²) in [5.74, 6) is 0.456. The van der Waals surface area contributed by atoms with Crippen molar-refractivity contribution in [2.75, 3.05) is 5.32 Å². The summed E-state index contributed by atoms with van der Waals surface area (Å²) in [6.07, 6.45) is 1.67. The normalized spacial score (nSPS) is 11.5. The Hall–Kier alpha value is -2.42. The van der Waals surface area contributed by atoms with Crippen LogP contribution in [0.2, 0.25) is 0 Å². The topological polar surface area (TPSA) is 61.6 Å². The molecule has 0 aliphatic rings. The van der Waals surface area contributed by atoms with Gasteiger partial charge in [0, 0.05) is 16.4 Å². The number of hydrogen-bond donors (Lipinski definition) is 1. The van der Waals surface area contributed by atoms with Gasteiger partial charge in [-0.3, -0.25) is 0 Å². The van der Waals surface area contributed by atoms with Crippen molar-refractivity contribution in [2.45, 2.75) is 5.38 Å². The minimum absolute atomic E-state index is 0.369. The van der Waals surface area contributed by atoms with Crippen molar-refractivity contribution in [2.24, 2.45) is 0 Å². The SMILES string of the molecule is N#Cc1ccc(Nc2nccc(C(Cl)c3cccc(Br)c3)n2)cc1. The van der Waals surface area contributed by atoms with Crippen molar-refractivity contribution >= 4 is 39.2 Å². The molecule has 24 heavy (non-hydrogen) atoms. The molecule has 0 bridgehead atoms. The highest BCUT2D eigenvalue weighted by molar-refractivity contribution is 9.10. The summed E-state index contributed by atoms with van der Waals surface area (Å²) in [4.78, 5) is 8.70. The van der Waals surface area contributed by atoms with Gasteiger partial charge in [0.25, 0.3) is 0 Å². The molecule has 0 saturated carbocycles. The number of rotatable bonds is 4. The van der Waals surface area contributed by atoms with Crippen LogP contribution in [-0.4, -0.2) is 9.97 Å². The molecule has 6 heteroatoms. The Bertz CT molecular complexity index is 890. The molecule has 0 spiro atoms. The quantitative estimate of drug-likeness (QED) is 0.614. The van der Waals surface area contributed by atoms with E-state index in [1.807, 2.05) is 24.3 Å². The van der Waals surface area contributed by atoms with Crippen LogP contribution in [0.4, 0.5) is 11.6 Å². The number of nitrogens with zero attached hydrogens (tertiary/aromatic N) is 3. The highest BCUT2D eigenvalue weighted by Gasteiger charge is 2.13. The van der Waals surface area contributed by atoms with Gasteiger partial charge < -0.3 is 5.32 Å². The Morgan fingerprint density at radius 3 is 2.62 bits per heavy atom. The molecule has 118 valence electrons. The molecule has 0 saturated heterocycles. The van der Waals surface area contributed by atoms with E-state index in [0.29, 0.717) is 17.2 Å². The minimum atomic E-state index is -0.369. The smallest absolute Gasteiger partial charge is 0.227 e. The van der Waals surface area contributed by atoms with Gasteiger partial charge in [-0.1, -0.05) is 28.1 Å². The molecular weight excluding hydrogens is 388 g/mol. The number of anilines is 2. The monoisotopic (exact) mass is 398 g/mol. The number of nitriles is 1. The molecule has 3 rings (SSSR count). The summed E-state index contributed by atoms with van der Waals surface area (Å²) in [6.45, 7) is 0. The van der Waals surface area contributed by atoms with Crippen LogP contribution >= 0.6 is 27.5 Å². The Balaban J connectivity index is 1.82. The lowest BCUT2D eigenvalue weighted by molar-refractivity contribution is 1.01. The van der Waals surface area contributed by atoms with Gasteiger partial charge in [0.1, 0.15) is 5.38 Å². The maximum atomic E-state index is 8.83. The first-order valence-electron chi connectivity index (χ1n) is 7.15. The molecule has 1 heterocycles. The molecular formula is C18H12BrClN4. The largest absolute Gasteiger partial charge is 0.324 e. The highest BCUT2D eigenvalue weighted by atomic mass is 79.9. The Morgan fingerprint density at radius 1 is 1.12 bits per heavy atom. The van der Waals surface area contributed by atoms with E-state index in [1.54, 1.807) is 36.5 Å². The van der Waals surface area contributed by atoms with Gasteiger partial charge in [0.15, 0.2) is 0 Å². The lowest BCUT2D eigenvalue weighted by atomic mass is 10.1. The summed E-state index contributed by atoms with van der Waals surface area (Å²) in [6, 6.07) is 18.8. The van der Waals surface area contributed by atoms with Crippen molar-refractivity contribution in [3.63, 3.8) is 0 Å². The van der Waals surface area contributed by atoms with E-state index in [-0.39, 0.29) is 5.38 Å². The molecule has 1 atom stereocenters. The van der Waals surface area contributed by atoms with Gasteiger partial charge in [-0.05, 0) is 48.0 Å². The molecule has 0 aliphatic carbocycles. The van der Waals surface area contributed by atoms with Crippen LogP contribution in [0.1, 0.15) is 22.2 Å². The molecule has 0 amide bonds. The average Bonchev–Trinajstić information content (AvgIpc) is 2.62. The molecule has 0 fully saturated rings. The van der Waals surface area contributed by atoms with Gasteiger partial charge in [0.05, 0.1) is 17.3 Å². The second-order valence-electron chi connectivity index (χ2n) is 5.04. The maximum Gasteiger partial charge on any atom is 0.227 e. The number of nitrogens with one attached hydrogen (secondary N) is 1. The summed E-state index contributed by atoms with van der Waals surface area (Å²) < 4.78 is 0.968. The number of benzene rings is 2. The molecule has 0 radical (unpaired) electrons. The third-order valence-electron chi connectivity index (χ3n) is 3.35. The molecule has 1 N–H and O–H groups in total. The molecule has 4 nitrogen and oxygen atoms in total. The van der Waals surface area contributed by atoms with Gasteiger partial charge in [-0.25, -0.2) is 9.97 Å². The predicted octanol–water partition coefficient (Wildman–Crippen LogP) is 5.18. The molecule has 3 aromatic rings. The predicted molar refractivity (Wildman–Crippen MR) is 98.3 cm³/mol. The lowest BCUT2D eigenvalue weighted by Crippen LogP contribution is -2.02. The number of halogens is 2. The zero-order chi connectivity index (χ0) is 16.9. The van der Waals surface area contributed by atoms with E-state index in [4.69, 9.17) is 16.9 Å². The Morgan fingerprint density at radius 2 is 1.92 bits per heavy atom. The Labute approximate surface area is 153 Å². The van der Waals surface area contributed by atoms with E-state index < -0.39 is 0 Å². The Kier molecular flexibility index (Phi) is 5.09. The van der Waals surface area contributed by atoms with Crippen LogP contribution in [0.25, 0.3) is 0 Å². The van der Waals surface area contributed by atoms with E-state index in [2.05, 4.69) is 37.3 Å². The summed E-state index contributed by atoms with van der Waals surface area (Å²) >= 11 is 9.99. The second kappa shape index (κ2) is 7.43. The van der Waals surface area contributed by atoms with E-state index >= 15 is 0 Å². The van der Waals surface area contributed by atoms with Crippen LogP contribution in [0, 0.1) is 11.3 Å². The van der Waals surface area contributed by atoms with Crippen molar-refractivity contribution < 1.29 is 0 Å².